The van der Waals surface area contributed by atoms with Gasteiger partial charge in [-0.2, -0.15) is 0 Å². The van der Waals surface area contributed by atoms with E-state index in [2.05, 4.69) is 4.72 Å². The Morgan fingerprint density at radius 1 is 1.55 bits per heavy atom. The summed E-state index contributed by atoms with van der Waals surface area (Å²) in [6.45, 7) is 1.95. The van der Waals surface area contributed by atoms with Crippen molar-refractivity contribution in [2.24, 2.45) is 13.0 Å². The molecule has 2 N–H and O–H groups in total. The lowest BCUT2D eigenvalue weighted by Crippen LogP contribution is -2.34. The number of carboxylic acids is 1. The molecule has 0 saturated heterocycles. The number of rotatable bonds is 7. The van der Waals surface area contributed by atoms with Crippen LogP contribution in [-0.2, 0) is 17.1 Å². The normalized spacial score (nSPS) is 17.1. The maximum atomic E-state index is 12.3. The summed E-state index contributed by atoms with van der Waals surface area (Å²) in [5.74, 6) is -0.507. The number of sulfonamides is 1. The zero-order valence-electron chi connectivity index (χ0n) is 11.7. The minimum atomic E-state index is -3.66. The van der Waals surface area contributed by atoms with Crippen molar-refractivity contribution in [2.45, 2.75) is 43.5 Å². The van der Waals surface area contributed by atoms with Crippen LogP contribution in [0.25, 0.3) is 0 Å². The Labute approximate surface area is 118 Å². The molecule has 1 saturated carbocycles. The summed E-state index contributed by atoms with van der Waals surface area (Å²) in [5.41, 5.74) is -0.0411. The average molecular weight is 300 g/mol. The van der Waals surface area contributed by atoms with E-state index in [9.17, 15) is 13.2 Å². The van der Waals surface area contributed by atoms with E-state index in [1.165, 1.54) is 36.7 Å². The maximum Gasteiger partial charge on any atom is 0.352 e. The Balaban J connectivity index is 2.16. The van der Waals surface area contributed by atoms with E-state index < -0.39 is 16.0 Å². The first-order valence-electron chi connectivity index (χ1n) is 6.75. The Hall–Kier alpha value is -1.34. The fraction of sp³-hybridized carbons (Fsp3) is 0.615. The van der Waals surface area contributed by atoms with Crippen LogP contribution in [0, 0.1) is 5.92 Å². The molecule has 20 heavy (non-hydrogen) atoms. The van der Waals surface area contributed by atoms with Gasteiger partial charge in [0.15, 0.2) is 0 Å². The molecule has 1 unspecified atom stereocenters. The molecule has 1 aliphatic rings. The second kappa shape index (κ2) is 5.57. The van der Waals surface area contributed by atoms with Crippen LogP contribution in [0.2, 0.25) is 0 Å². The first kappa shape index (κ1) is 15.1. The molecule has 1 fully saturated rings. The molecule has 0 bridgehead atoms. The second-order valence-corrected chi connectivity index (χ2v) is 7.10. The largest absolute Gasteiger partial charge is 0.477 e. The fourth-order valence-electron chi connectivity index (χ4n) is 2.24. The van der Waals surface area contributed by atoms with Crippen LogP contribution in [0.3, 0.4) is 0 Å². The standard InChI is InChI=1S/C13H20N2O4S/c1-3-10(6-9-4-5-9)14-20(18,19)11-7-12(13(16)17)15(2)8-11/h7-10,14H,3-6H2,1-2H3,(H,16,17). The number of nitrogens with zero attached hydrogens (tertiary/aromatic N) is 1. The summed E-state index contributed by atoms with van der Waals surface area (Å²) < 4.78 is 28.5. The first-order valence-corrected chi connectivity index (χ1v) is 8.23. The summed E-state index contributed by atoms with van der Waals surface area (Å²) in [6, 6.07) is 1.11. The van der Waals surface area contributed by atoms with Gasteiger partial charge in [0.2, 0.25) is 10.0 Å². The Morgan fingerprint density at radius 2 is 2.20 bits per heavy atom. The SMILES string of the molecule is CCC(CC1CC1)NS(=O)(=O)c1cc(C(=O)O)n(C)c1. The van der Waals surface area contributed by atoms with Gasteiger partial charge in [-0.3, -0.25) is 0 Å². The Kier molecular flexibility index (Phi) is 4.19. The van der Waals surface area contributed by atoms with Crippen LogP contribution in [0.1, 0.15) is 43.1 Å². The third kappa shape index (κ3) is 3.40. The van der Waals surface area contributed by atoms with Crippen molar-refractivity contribution >= 4 is 16.0 Å². The number of hydrogen-bond acceptors (Lipinski definition) is 3. The van der Waals surface area contributed by atoms with E-state index in [1.54, 1.807) is 0 Å². The molecule has 1 aromatic rings. The highest BCUT2D eigenvalue weighted by molar-refractivity contribution is 7.89. The van der Waals surface area contributed by atoms with E-state index in [-0.39, 0.29) is 16.6 Å². The highest BCUT2D eigenvalue weighted by Crippen LogP contribution is 2.34. The third-order valence-electron chi connectivity index (χ3n) is 3.64. The molecule has 1 aliphatic carbocycles. The van der Waals surface area contributed by atoms with Crippen LogP contribution in [-0.4, -0.2) is 30.1 Å². The average Bonchev–Trinajstić information content (AvgIpc) is 3.07. The number of carboxylic acid groups (broad SMARTS) is 1. The summed E-state index contributed by atoms with van der Waals surface area (Å²) in [5, 5.41) is 8.96. The fourth-order valence-corrected chi connectivity index (χ4v) is 3.64. The number of aryl methyl sites for hydroxylation is 1. The van der Waals surface area contributed by atoms with Crippen LogP contribution in [0.15, 0.2) is 17.2 Å². The second-order valence-electron chi connectivity index (χ2n) is 5.38. The number of aromatic carboxylic acids is 1. The predicted octanol–water partition coefficient (Wildman–Crippen LogP) is 1.58. The van der Waals surface area contributed by atoms with Crippen molar-refractivity contribution in [3.05, 3.63) is 18.0 Å². The summed E-state index contributed by atoms with van der Waals surface area (Å²) in [4.78, 5) is 11.0. The van der Waals surface area contributed by atoms with Crippen molar-refractivity contribution in [1.82, 2.24) is 9.29 Å². The van der Waals surface area contributed by atoms with E-state index in [4.69, 9.17) is 5.11 Å². The van der Waals surface area contributed by atoms with Gasteiger partial charge in [-0.1, -0.05) is 19.8 Å². The predicted molar refractivity (Wildman–Crippen MR) is 74.1 cm³/mol. The molecule has 0 aliphatic heterocycles. The molecular weight excluding hydrogens is 280 g/mol. The van der Waals surface area contributed by atoms with Crippen molar-refractivity contribution in [2.75, 3.05) is 0 Å². The summed E-state index contributed by atoms with van der Waals surface area (Å²) in [6.07, 6.45) is 5.26. The minimum Gasteiger partial charge on any atom is -0.477 e. The van der Waals surface area contributed by atoms with Gasteiger partial charge in [-0.15, -0.1) is 0 Å². The quantitative estimate of drug-likeness (QED) is 0.800. The van der Waals surface area contributed by atoms with Crippen molar-refractivity contribution < 1.29 is 18.3 Å². The first-order chi connectivity index (χ1) is 9.33. The molecule has 2 rings (SSSR count). The molecule has 1 heterocycles. The third-order valence-corrected chi connectivity index (χ3v) is 5.13. The van der Waals surface area contributed by atoms with E-state index >= 15 is 0 Å². The van der Waals surface area contributed by atoms with Crippen LogP contribution in [0.4, 0.5) is 0 Å². The topological polar surface area (TPSA) is 88.4 Å². The van der Waals surface area contributed by atoms with Gasteiger partial charge in [-0.05, 0) is 24.8 Å². The molecule has 0 spiro atoms. The number of aromatic nitrogens is 1. The van der Waals surface area contributed by atoms with E-state index in [1.807, 2.05) is 6.92 Å². The van der Waals surface area contributed by atoms with Gasteiger partial charge in [-0.25, -0.2) is 17.9 Å². The Morgan fingerprint density at radius 3 is 2.65 bits per heavy atom. The number of hydrogen-bond donors (Lipinski definition) is 2. The van der Waals surface area contributed by atoms with Crippen molar-refractivity contribution in [1.29, 1.82) is 0 Å². The van der Waals surface area contributed by atoms with Gasteiger partial charge in [0, 0.05) is 19.3 Å². The minimum absolute atomic E-state index is 0.00615. The number of nitrogens with one attached hydrogen (secondary N) is 1. The smallest absolute Gasteiger partial charge is 0.352 e. The van der Waals surface area contributed by atoms with Gasteiger partial charge < -0.3 is 9.67 Å². The lowest BCUT2D eigenvalue weighted by Gasteiger charge is -2.16. The van der Waals surface area contributed by atoms with Gasteiger partial charge in [0.25, 0.3) is 0 Å². The van der Waals surface area contributed by atoms with Crippen LogP contribution >= 0.6 is 0 Å². The van der Waals surface area contributed by atoms with Crippen LogP contribution in [0.5, 0.6) is 0 Å². The van der Waals surface area contributed by atoms with Gasteiger partial charge in [0.1, 0.15) is 10.6 Å². The lowest BCUT2D eigenvalue weighted by atomic mass is 10.1. The lowest BCUT2D eigenvalue weighted by molar-refractivity contribution is 0.0686. The molecule has 6 nitrogen and oxygen atoms in total. The molecule has 112 valence electrons. The van der Waals surface area contributed by atoms with E-state index in [0.717, 1.165) is 12.8 Å². The van der Waals surface area contributed by atoms with Gasteiger partial charge in [0.05, 0.1) is 0 Å². The maximum absolute atomic E-state index is 12.3. The molecule has 0 aromatic carbocycles. The number of carbonyl (C=O) groups is 1. The van der Waals surface area contributed by atoms with Crippen molar-refractivity contribution in [3.63, 3.8) is 0 Å². The molecule has 0 amide bonds. The molecule has 7 heteroatoms. The molecule has 0 radical (unpaired) electrons. The summed E-state index contributed by atoms with van der Waals surface area (Å²) in [7, 11) is -2.14. The molecular formula is C13H20N2O4S. The van der Waals surface area contributed by atoms with Crippen molar-refractivity contribution in [3.8, 4) is 0 Å². The Bertz CT molecular complexity index is 602. The van der Waals surface area contributed by atoms with Gasteiger partial charge >= 0.3 is 5.97 Å². The molecule has 1 aromatic heterocycles. The highest BCUT2D eigenvalue weighted by Gasteiger charge is 2.28. The molecule has 1 atom stereocenters. The zero-order chi connectivity index (χ0) is 14.9. The van der Waals surface area contributed by atoms with E-state index in [0.29, 0.717) is 5.92 Å². The monoisotopic (exact) mass is 300 g/mol. The van der Waals surface area contributed by atoms with Crippen LogP contribution < -0.4 is 4.72 Å². The highest BCUT2D eigenvalue weighted by atomic mass is 32.2. The summed E-state index contributed by atoms with van der Waals surface area (Å²) >= 11 is 0. The zero-order valence-corrected chi connectivity index (χ0v) is 12.5.